The number of carbonyl (C=O) groups is 2. The molecule has 1 aromatic carbocycles. The van der Waals surface area contributed by atoms with Gasteiger partial charge in [-0.25, -0.2) is 4.79 Å². The van der Waals surface area contributed by atoms with Crippen LogP contribution in [-0.4, -0.2) is 34.4 Å². The molecular weight excluding hydrogens is 358 g/mol. The smallest absolute Gasteiger partial charge is 0.321 e. The van der Waals surface area contributed by atoms with Crippen LogP contribution in [0.25, 0.3) is 0 Å². The summed E-state index contributed by atoms with van der Waals surface area (Å²) in [5.74, 6) is -0.248. The fraction of sp³-hybridized carbons (Fsp3) is 0.375. The van der Waals surface area contributed by atoms with E-state index in [1.54, 1.807) is 0 Å². The second-order valence-corrected chi connectivity index (χ2v) is 7.51. The summed E-state index contributed by atoms with van der Waals surface area (Å²) in [6, 6.07) is 7.49. The number of rotatable bonds is 8. The normalized spacial score (nSPS) is 10.3. The van der Waals surface area contributed by atoms with Gasteiger partial charge in [0.25, 0.3) is 0 Å². The molecule has 0 radical (unpaired) electrons. The number of aromatic nitrogens is 2. The number of aryl methyl sites for hydroxylation is 1. The Balaban J connectivity index is 1.74. The third kappa shape index (κ3) is 7.10. The summed E-state index contributed by atoms with van der Waals surface area (Å²) in [6.45, 7) is 4.62. The molecule has 1 heterocycles. The molecule has 0 saturated heterocycles. The molecule has 9 heteroatoms. The molecule has 0 aliphatic carbocycles. The van der Waals surface area contributed by atoms with Crippen LogP contribution in [0.4, 0.5) is 15.6 Å². The lowest BCUT2D eigenvalue weighted by atomic mass is 10.2. The minimum atomic E-state index is -0.460. The van der Waals surface area contributed by atoms with E-state index in [0.29, 0.717) is 16.0 Å². The van der Waals surface area contributed by atoms with Crippen molar-refractivity contribution in [2.45, 2.75) is 31.0 Å². The van der Waals surface area contributed by atoms with E-state index < -0.39 is 6.03 Å². The van der Waals surface area contributed by atoms with E-state index in [9.17, 15) is 9.59 Å². The second-order valence-electron chi connectivity index (χ2n) is 5.31. The van der Waals surface area contributed by atoms with Gasteiger partial charge in [-0.2, -0.15) is 0 Å². The third-order valence-electron chi connectivity index (χ3n) is 3.10. The summed E-state index contributed by atoms with van der Waals surface area (Å²) >= 11 is 2.60. The van der Waals surface area contributed by atoms with Crippen LogP contribution < -0.4 is 16.0 Å². The molecule has 3 amide bonds. The first kappa shape index (κ1) is 19.2. The topological polar surface area (TPSA) is 96.0 Å². The van der Waals surface area contributed by atoms with Gasteiger partial charge in [-0.15, -0.1) is 10.2 Å². The molecule has 2 aromatic rings. The number of benzene rings is 1. The summed E-state index contributed by atoms with van der Waals surface area (Å²) in [7, 11) is 0. The van der Waals surface area contributed by atoms with Crippen LogP contribution in [0.5, 0.6) is 0 Å². The first-order valence-electron chi connectivity index (χ1n) is 7.94. The minimum absolute atomic E-state index is 0.111. The van der Waals surface area contributed by atoms with Crippen LogP contribution >= 0.6 is 23.1 Å². The number of carbonyl (C=O) groups excluding carboxylic acids is 2. The van der Waals surface area contributed by atoms with Gasteiger partial charge in [0.2, 0.25) is 11.0 Å². The molecular formula is C16H21N5O2S2. The van der Waals surface area contributed by atoms with E-state index in [1.165, 1.54) is 28.7 Å². The summed E-state index contributed by atoms with van der Waals surface area (Å²) < 4.78 is 0.663. The van der Waals surface area contributed by atoms with Crippen LogP contribution in [0.3, 0.4) is 0 Å². The SMILES string of the molecule is CCCCNC(=O)NC(=O)CSc1nnc(Nc2ccc(C)cc2)s1. The molecule has 0 aliphatic heterocycles. The number of amides is 3. The first-order valence-corrected chi connectivity index (χ1v) is 9.74. The predicted octanol–water partition coefficient (Wildman–Crippen LogP) is 3.31. The Kier molecular flexibility index (Phi) is 7.68. The number of imide groups is 1. The highest BCUT2D eigenvalue weighted by atomic mass is 32.2. The highest BCUT2D eigenvalue weighted by Gasteiger charge is 2.10. The number of nitrogens with zero attached hydrogens (tertiary/aromatic N) is 2. The van der Waals surface area contributed by atoms with Gasteiger partial charge in [0.15, 0.2) is 4.34 Å². The highest BCUT2D eigenvalue weighted by Crippen LogP contribution is 2.27. The van der Waals surface area contributed by atoms with Crippen LogP contribution in [0.15, 0.2) is 28.6 Å². The maximum Gasteiger partial charge on any atom is 0.321 e. The number of anilines is 2. The molecule has 0 aliphatic rings. The number of unbranched alkanes of at least 4 members (excludes halogenated alkanes) is 1. The van der Waals surface area contributed by atoms with Crippen LogP contribution in [-0.2, 0) is 4.79 Å². The molecule has 0 atom stereocenters. The van der Waals surface area contributed by atoms with E-state index in [2.05, 4.69) is 26.1 Å². The summed E-state index contributed by atoms with van der Waals surface area (Å²) in [4.78, 5) is 23.2. The van der Waals surface area contributed by atoms with Gasteiger partial charge >= 0.3 is 6.03 Å². The van der Waals surface area contributed by atoms with Crippen molar-refractivity contribution < 1.29 is 9.59 Å². The lowest BCUT2D eigenvalue weighted by Gasteiger charge is -2.05. The molecule has 0 unspecified atom stereocenters. The monoisotopic (exact) mass is 379 g/mol. The molecule has 134 valence electrons. The van der Waals surface area contributed by atoms with Crippen molar-refractivity contribution in [2.75, 3.05) is 17.6 Å². The van der Waals surface area contributed by atoms with Crippen molar-refractivity contribution in [1.82, 2.24) is 20.8 Å². The van der Waals surface area contributed by atoms with Gasteiger partial charge in [-0.3, -0.25) is 10.1 Å². The van der Waals surface area contributed by atoms with Gasteiger partial charge in [0.1, 0.15) is 0 Å². The number of hydrogen-bond donors (Lipinski definition) is 3. The summed E-state index contributed by atoms with van der Waals surface area (Å²) in [6.07, 6.45) is 1.87. The molecule has 7 nitrogen and oxygen atoms in total. The molecule has 3 N–H and O–H groups in total. The van der Waals surface area contributed by atoms with Gasteiger partial charge in [0, 0.05) is 12.2 Å². The first-order chi connectivity index (χ1) is 12.1. The third-order valence-corrected chi connectivity index (χ3v) is 5.08. The van der Waals surface area contributed by atoms with Crippen LogP contribution in [0.1, 0.15) is 25.3 Å². The van der Waals surface area contributed by atoms with Crippen molar-refractivity contribution in [3.05, 3.63) is 29.8 Å². The van der Waals surface area contributed by atoms with Crippen molar-refractivity contribution in [1.29, 1.82) is 0 Å². The van der Waals surface area contributed by atoms with E-state index in [1.807, 2.05) is 38.1 Å². The molecule has 0 spiro atoms. The van der Waals surface area contributed by atoms with E-state index in [0.717, 1.165) is 18.5 Å². The van der Waals surface area contributed by atoms with Gasteiger partial charge in [-0.05, 0) is 25.5 Å². The predicted molar refractivity (Wildman–Crippen MR) is 102 cm³/mol. The lowest BCUT2D eigenvalue weighted by Crippen LogP contribution is -2.40. The van der Waals surface area contributed by atoms with Gasteiger partial charge in [-0.1, -0.05) is 54.1 Å². The quantitative estimate of drug-likeness (QED) is 0.481. The zero-order chi connectivity index (χ0) is 18.1. The standard InChI is InChI=1S/C16H21N5O2S2/c1-3-4-9-17-14(23)19-13(22)10-24-16-21-20-15(25-16)18-12-7-5-11(2)6-8-12/h5-8H,3-4,9-10H2,1-2H3,(H,18,20)(H2,17,19,22,23). The van der Waals surface area contributed by atoms with Gasteiger partial charge in [0.05, 0.1) is 5.75 Å². The molecule has 2 rings (SSSR count). The van der Waals surface area contributed by atoms with Crippen molar-refractivity contribution in [2.24, 2.45) is 0 Å². The average Bonchev–Trinajstić information content (AvgIpc) is 3.03. The Morgan fingerprint density at radius 3 is 2.68 bits per heavy atom. The Hall–Kier alpha value is -2.13. The maximum absolute atomic E-state index is 11.7. The Morgan fingerprint density at radius 1 is 1.20 bits per heavy atom. The zero-order valence-electron chi connectivity index (χ0n) is 14.2. The van der Waals surface area contributed by atoms with Crippen molar-refractivity contribution >= 4 is 45.9 Å². The Labute approximate surface area is 155 Å². The maximum atomic E-state index is 11.7. The molecule has 0 fully saturated rings. The fourth-order valence-electron chi connectivity index (χ4n) is 1.79. The van der Waals surface area contributed by atoms with E-state index >= 15 is 0 Å². The highest BCUT2D eigenvalue weighted by molar-refractivity contribution is 8.01. The second kappa shape index (κ2) is 10.00. The molecule has 25 heavy (non-hydrogen) atoms. The van der Waals surface area contributed by atoms with E-state index in [-0.39, 0.29) is 11.7 Å². The largest absolute Gasteiger partial charge is 0.338 e. The summed E-state index contributed by atoms with van der Waals surface area (Å²) in [5, 5.41) is 16.8. The fourth-order valence-corrected chi connectivity index (χ4v) is 3.36. The number of urea groups is 1. The van der Waals surface area contributed by atoms with Gasteiger partial charge < -0.3 is 10.6 Å². The number of thioether (sulfide) groups is 1. The van der Waals surface area contributed by atoms with Crippen molar-refractivity contribution in [3.63, 3.8) is 0 Å². The molecule has 1 aromatic heterocycles. The number of hydrogen-bond acceptors (Lipinski definition) is 7. The minimum Gasteiger partial charge on any atom is -0.338 e. The van der Waals surface area contributed by atoms with Crippen molar-refractivity contribution in [3.8, 4) is 0 Å². The zero-order valence-corrected chi connectivity index (χ0v) is 15.8. The lowest BCUT2D eigenvalue weighted by molar-refractivity contribution is -0.117. The Bertz CT molecular complexity index is 703. The van der Waals surface area contributed by atoms with Crippen LogP contribution in [0, 0.1) is 6.92 Å². The summed E-state index contributed by atoms with van der Waals surface area (Å²) in [5.41, 5.74) is 2.11. The molecule has 0 saturated carbocycles. The Morgan fingerprint density at radius 2 is 1.96 bits per heavy atom. The van der Waals surface area contributed by atoms with Crippen LogP contribution in [0.2, 0.25) is 0 Å². The number of nitrogens with one attached hydrogen (secondary N) is 3. The average molecular weight is 380 g/mol. The van der Waals surface area contributed by atoms with E-state index in [4.69, 9.17) is 0 Å². The molecule has 0 bridgehead atoms.